The van der Waals surface area contributed by atoms with Gasteiger partial charge in [0, 0.05) is 24.4 Å². The van der Waals surface area contributed by atoms with E-state index in [4.69, 9.17) is 4.74 Å². The van der Waals surface area contributed by atoms with Gasteiger partial charge in [0.05, 0.1) is 22.9 Å². The minimum Gasteiger partial charge on any atom is -0.494 e. The molecular formula is C28H29N3O2S. The van der Waals surface area contributed by atoms with E-state index in [1.165, 1.54) is 31.8 Å². The topological polar surface area (TPSA) is 61.4 Å². The van der Waals surface area contributed by atoms with Crippen LogP contribution in [-0.2, 0) is 6.42 Å². The highest BCUT2D eigenvalue weighted by atomic mass is 32.1. The summed E-state index contributed by atoms with van der Waals surface area (Å²) in [5.74, 6) is 0.932. The Morgan fingerprint density at radius 1 is 1.15 bits per heavy atom. The second kappa shape index (κ2) is 9.37. The number of β-amino-alcohol motifs (C(OH)–C–C–N with tert-alkyl or cyclic N) is 1. The maximum atomic E-state index is 9.82. The van der Waals surface area contributed by atoms with Gasteiger partial charge in [0.1, 0.15) is 11.4 Å². The van der Waals surface area contributed by atoms with Crippen LogP contribution in [0.3, 0.4) is 0 Å². The molecule has 2 aromatic carbocycles. The van der Waals surface area contributed by atoms with Gasteiger partial charge in [-0.05, 0) is 72.3 Å². The summed E-state index contributed by atoms with van der Waals surface area (Å²) in [5.41, 5.74) is 7.20. The average molecular weight is 472 g/mol. The number of ether oxygens (including phenoxy) is 1. The summed E-state index contributed by atoms with van der Waals surface area (Å²) in [4.78, 5) is 3.60. The number of thiophene rings is 1. The highest BCUT2D eigenvalue weighted by Gasteiger charge is 2.21. The van der Waals surface area contributed by atoms with Crippen LogP contribution in [0.4, 0.5) is 0 Å². The normalized spacial score (nSPS) is 18.3. The van der Waals surface area contributed by atoms with Crippen LogP contribution in [0.15, 0.2) is 54.6 Å². The minimum atomic E-state index is -0.164. The van der Waals surface area contributed by atoms with E-state index in [0.717, 1.165) is 62.3 Å². The molecule has 2 N–H and O–H groups in total. The second-order valence-corrected chi connectivity index (χ2v) is 10.3. The van der Waals surface area contributed by atoms with Crippen LogP contribution in [0, 0.1) is 0 Å². The van der Waals surface area contributed by atoms with Crippen molar-refractivity contribution in [1.29, 1.82) is 0 Å². The van der Waals surface area contributed by atoms with Gasteiger partial charge >= 0.3 is 0 Å². The number of aliphatic hydroxyl groups excluding tert-OH is 1. The van der Waals surface area contributed by atoms with Crippen molar-refractivity contribution < 1.29 is 9.84 Å². The number of nitrogens with one attached hydrogen (secondary N) is 1. The number of likely N-dealkylation sites (tertiary alicyclic amines) is 1. The SMILES string of the molecule is OC1CCCN(CCCOc2ccc3c(c2)CC(c2n[nH]c4cc(-c5ccccc5)sc24)=C3)C1. The third-order valence-corrected chi connectivity index (χ3v) is 7.98. The first-order valence-electron chi connectivity index (χ1n) is 12.1. The number of H-pyrrole nitrogens is 1. The van der Waals surface area contributed by atoms with E-state index in [0.29, 0.717) is 6.61 Å². The fraction of sp³-hybridized carbons (Fsp3) is 0.321. The van der Waals surface area contributed by atoms with Crippen LogP contribution in [0.25, 0.3) is 32.3 Å². The number of aromatic nitrogens is 2. The maximum Gasteiger partial charge on any atom is 0.119 e. The molecule has 0 radical (unpaired) electrons. The van der Waals surface area contributed by atoms with Gasteiger partial charge in [-0.3, -0.25) is 5.10 Å². The molecule has 1 fully saturated rings. The number of aliphatic hydroxyl groups is 1. The Kier molecular flexibility index (Phi) is 5.95. The van der Waals surface area contributed by atoms with Gasteiger partial charge in [0.25, 0.3) is 0 Å². The molecule has 0 amide bonds. The molecule has 0 bridgehead atoms. The first-order chi connectivity index (χ1) is 16.7. The predicted octanol–water partition coefficient (Wildman–Crippen LogP) is 5.61. The Balaban J connectivity index is 1.10. The first kappa shape index (κ1) is 21.6. The molecule has 0 spiro atoms. The number of nitrogens with zero attached hydrogens (tertiary/aromatic N) is 2. The zero-order valence-corrected chi connectivity index (χ0v) is 20.0. The number of rotatable bonds is 7. The van der Waals surface area contributed by atoms with Gasteiger partial charge in [-0.2, -0.15) is 5.10 Å². The molecule has 1 atom stereocenters. The van der Waals surface area contributed by atoms with Crippen LogP contribution in [-0.4, -0.2) is 52.5 Å². The van der Waals surface area contributed by atoms with Crippen LogP contribution in [0.1, 0.15) is 36.1 Å². The molecule has 1 aliphatic carbocycles. The van der Waals surface area contributed by atoms with Crippen molar-refractivity contribution in [3.63, 3.8) is 0 Å². The van der Waals surface area contributed by atoms with E-state index in [2.05, 4.69) is 75.8 Å². The van der Waals surface area contributed by atoms with Crippen LogP contribution >= 0.6 is 11.3 Å². The van der Waals surface area contributed by atoms with E-state index < -0.39 is 0 Å². The Hall–Kier alpha value is -2.93. The third kappa shape index (κ3) is 4.41. The summed E-state index contributed by atoms with van der Waals surface area (Å²) in [6.07, 6.45) is 5.96. The molecule has 0 saturated carbocycles. The van der Waals surface area contributed by atoms with Crippen LogP contribution < -0.4 is 4.74 Å². The molecule has 1 unspecified atom stereocenters. The summed E-state index contributed by atoms with van der Waals surface area (Å²) in [7, 11) is 0. The molecule has 3 heterocycles. The van der Waals surface area contributed by atoms with Gasteiger partial charge in [-0.1, -0.05) is 36.4 Å². The highest BCUT2D eigenvalue weighted by Crippen LogP contribution is 2.40. The Bertz CT molecular complexity index is 1320. The van der Waals surface area contributed by atoms with Crippen molar-refractivity contribution in [2.75, 3.05) is 26.2 Å². The van der Waals surface area contributed by atoms with Crippen molar-refractivity contribution in [1.82, 2.24) is 15.1 Å². The van der Waals surface area contributed by atoms with Gasteiger partial charge in [0.2, 0.25) is 0 Å². The second-order valence-electron chi connectivity index (χ2n) is 9.30. The number of benzene rings is 2. The zero-order chi connectivity index (χ0) is 22.9. The van der Waals surface area contributed by atoms with Gasteiger partial charge in [0.15, 0.2) is 0 Å². The number of piperidine rings is 1. The number of fused-ring (bicyclic) bond motifs is 2. The lowest BCUT2D eigenvalue weighted by Crippen LogP contribution is -2.39. The third-order valence-electron chi connectivity index (χ3n) is 6.79. The zero-order valence-electron chi connectivity index (χ0n) is 19.2. The van der Waals surface area contributed by atoms with E-state index >= 15 is 0 Å². The lowest BCUT2D eigenvalue weighted by Gasteiger charge is -2.29. The minimum absolute atomic E-state index is 0.164. The standard InChI is InChI=1S/C28H29N3O2S/c32-23-8-4-11-31(18-23)12-5-13-33-24-10-9-20-14-22(15-21(20)16-24)27-28-25(29-30-27)17-26(34-28)19-6-2-1-3-7-19/h1-3,6-7,9-10,14,16-17,23,32H,4-5,8,11-13,15,18H2,(H,29,30). The molecule has 6 heteroatoms. The fourth-order valence-electron chi connectivity index (χ4n) is 5.05. The van der Waals surface area contributed by atoms with Crippen LogP contribution in [0.2, 0.25) is 0 Å². The molecule has 1 saturated heterocycles. The van der Waals surface area contributed by atoms with E-state index in [1.54, 1.807) is 11.3 Å². The van der Waals surface area contributed by atoms with Crippen molar-refractivity contribution in [2.24, 2.45) is 0 Å². The number of hydrogen-bond donors (Lipinski definition) is 2. The number of allylic oxidation sites excluding steroid dienone is 1. The summed E-state index contributed by atoms with van der Waals surface area (Å²) >= 11 is 1.80. The summed E-state index contributed by atoms with van der Waals surface area (Å²) in [5, 5.41) is 17.7. The molecule has 174 valence electrons. The van der Waals surface area contributed by atoms with E-state index in [9.17, 15) is 5.11 Å². The molecule has 6 rings (SSSR count). The summed E-state index contributed by atoms with van der Waals surface area (Å²) < 4.78 is 7.29. The maximum absolute atomic E-state index is 9.82. The first-order valence-corrected chi connectivity index (χ1v) is 12.9. The Morgan fingerprint density at radius 3 is 2.94 bits per heavy atom. The fourth-order valence-corrected chi connectivity index (χ4v) is 6.19. The van der Waals surface area contributed by atoms with Crippen molar-refractivity contribution in [3.05, 3.63) is 71.4 Å². The number of aromatic amines is 1. The molecular weight excluding hydrogens is 442 g/mol. The smallest absolute Gasteiger partial charge is 0.119 e. The molecule has 34 heavy (non-hydrogen) atoms. The predicted molar refractivity (Wildman–Crippen MR) is 139 cm³/mol. The molecule has 4 aromatic rings. The quantitative estimate of drug-likeness (QED) is 0.344. The summed E-state index contributed by atoms with van der Waals surface area (Å²) in [6, 6.07) is 19.1. The van der Waals surface area contributed by atoms with E-state index in [1.807, 2.05) is 0 Å². The van der Waals surface area contributed by atoms with Crippen molar-refractivity contribution >= 4 is 33.2 Å². The van der Waals surface area contributed by atoms with Gasteiger partial charge in [-0.15, -0.1) is 11.3 Å². The summed E-state index contributed by atoms with van der Waals surface area (Å²) in [6.45, 7) is 3.56. The van der Waals surface area contributed by atoms with Crippen molar-refractivity contribution in [2.45, 2.75) is 31.8 Å². The van der Waals surface area contributed by atoms with Crippen LogP contribution in [0.5, 0.6) is 5.75 Å². The highest BCUT2D eigenvalue weighted by molar-refractivity contribution is 7.22. The lowest BCUT2D eigenvalue weighted by atomic mass is 10.1. The average Bonchev–Trinajstić information content (AvgIpc) is 3.56. The molecule has 2 aromatic heterocycles. The van der Waals surface area contributed by atoms with Gasteiger partial charge < -0.3 is 14.7 Å². The molecule has 2 aliphatic rings. The Morgan fingerprint density at radius 2 is 2.06 bits per heavy atom. The van der Waals surface area contributed by atoms with Crippen molar-refractivity contribution in [3.8, 4) is 16.2 Å². The number of hydrogen-bond acceptors (Lipinski definition) is 5. The molecule has 1 aliphatic heterocycles. The molecule has 5 nitrogen and oxygen atoms in total. The lowest BCUT2D eigenvalue weighted by molar-refractivity contribution is 0.0679. The van der Waals surface area contributed by atoms with Gasteiger partial charge in [-0.25, -0.2) is 0 Å². The monoisotopic (exact) mass is 471 g/mol. The largest absolute Gasteiger partial charge is 0.494 e. The Labute approximate surface area is 203 Å². The van der Waals surface area contributed by atoms with E-state index in [-0.39, 0.29) is 6.10 Å².